The zero-order valence-corrected chi connectivity index (χ0v) is 76.6. The van der Waals surface area contributed by atoms with E-state index in [1.807, 2.05) is 111 Å². The van der Waals surface area contributed by atoms with E-state index in [2.05, 4.69) is 284 Å². The molecule has 0 saturated carbocycles. The molecule has 10 aliphatic heterocycles. The van der Waals surface area contributed by atoms with Gasteiger partial charge in [0.2, 0.25) is 0 Å². The predicted molar refractivity (Wildman–Crippen MR) is 553 cm³/mol. The van der Waals surface area contributed by atoms with Gasteiger partial charge in [0.1, 0.15) is 11.6 Å². The third-order valence-electron chi connectivity index (χ3n) is 32.1. The Morgan fingerprint density at radius 2 is 0.407 bits per heavy atom. The summed E-state index contributed by atoms with van der Waals surface area (Å²) < 4.78 is 0. The summed E-state index contributed by atoms with van der Waals surface area (Å²) in [6, 6.07) is 84.5. The number of hydrogen-bond acceptors (Lipinski definition) is 15. The van der Waals surface area contributed by atoms with Crippen LogP contribution in [0.4, 0.5) is 85.6 Å². The maximum absolute atomic E-state index is 4.79. The van der Waals surface area contributed by atoms with Crippen molar-refractivity contribution in [3.05, 3.63) is 503 Å². The highest BCUT2D eigenvalue weighted by Gasteiger charge is 2.45. The predicted octanol–water partition coefficient (Wildman–Crippen LogP) is 26.6. The Bertz CT molecular complexity index is 7660. The quantitative estimate of drug-likeness (QED) is 0.142. The van der Waals surface area contributed by atoms with Crippen LogP contribution in [0.5, 0.6) is 0 Å². The van der Waals surface area contributed by atoms with Gasteiger partial charge in [-0.3, -0.25) is 49.7 Å². The number of anilines is 15. The van der Waals surface area contributed by atoms with Crippen molar-refractivity contribution in [3.8, 4) is 55.6 Å². The topological polar surface area (TPSA) is 145 Å². The lowest BCUT2D eigenvalue weighted by molar-refractivity contribution is 0.963. The first kappa shape index (κ1) is 77.9. The minimum atomic E-state index is 0.891. The van der Waals surface area contributed by atoms with E-state index in [4.69, 9.17) is 15.0 Å². The van der Waals surface area contributed by atoms with Crippen LogP contribution in [-0.2, 0) is 96.3 Å². The largest absolute Gasteiger partial charge is 0.308 e. The molecule has 0 saturated heterocycles. The Morgan fingerprint density at radius 3 is 0.793 bits per heavy atom. The summed E-state index contributed by atoms with van der Waals surface area (Å²) in [4.78, 5) is 57.3. The summed E-state index contributed by atoms with van der Waals surface area (Å²) in [5.74, 6) is 2.12. The molecular weight excluding hydrogens is 1710 g/mol. The van der Waals surface area contributed by atoms with Gasteiger partial charge in [-0.15, -0.1) is 0 Å². The minimum Gasteiger partial charge on any atom is -0.308 e. The van der Waals surface area contributed by atoms with Crippen molar-refractivity contribution in [1.29, 1.82) is 0 Å². The lowest BCUT2D eigenvalue weighted by Gasteiger charge is -2.40. The van der Waals surface area contributed by atoms with Gasteiger partial charge in [-0.1, -0.05) is 164 Å². The van der Waals surface area contributed by atoms with Crippen LogP contribution in [0, 0.1) is 0 Å². The molecule has 15 aliphatic rings. The van der Waals surface area contributed by atoms with E-state index < -0.39 is 0 Å². The first-order valence-corrected chi connectivity index (χ1v) is 49.0. The fourth-order valence-corrected chi connectivity index (χ4v) is 26.6. The molecule has 0 radical (unpaired) electrons. The molecule has 15 nitrogen and oxygen atoms in total. The van der Waals surface area contributed by atoms with E-state index in [9.17, 15) is 0 Å². The highest BCUT2D eigenvalue weighted by Crippen LogP contribution is 2.63. The monoisotopic (exact) mass is 1800 g/mol. The van der Waals surface area contributed by atoms with Crippen LogP contribution >= 0.6 is 0 Å². The average Bonchev–Trinajstić information content (AvgIpc) is 1.65. The fourth-order valence-electron chi connectivity index (χ4n) is 26.6. The molecule has 0 amide bonds. The second-order valence-corrected chi connectivity index (χ2v) is 39.6. The summed E-state index contributed by atoms with van der Waals surface area (Å²) in [5.41, 5.74) is 72.5. The molecule has 0 fully saturated rings. The van der Waals surface area contributed by atoms with Crippen LogP contribution in [0.2, 0.25) is 0 Å². The number of pyridine rings is 10. The first-order chi connectivity index (χ1) is 69.4. The van der Waals surface area contributed by atoms with Crippen LogP contribution in [-0.4, -0.2) is 49.8 Å². The molecule has 20 heterocycles. The minimum absolute atomic E-state index is 0.891. The van der Waals surface area contributed by atoms with Crippen molar-refractivity contribution >= 4 is 85.6 Å². The molecule has 10 aromatic carbocycles. The van der Waals surface area contributed by atoms with E-state index in [1.165, 1.54) is 291 Å². The van der Waals surface area contributed by atoms with E-state index in [0.29, 0.717) is 0 Å². The van der Waals surface area contributed by atoms with Crippen molar-refractivity contribution in [2.45, 2.75) is 96.3 Å². The molecule has 10 aromatic heterocycles. The number of aromatic nitrogens is 10. The van der Waals surface area contributed by atoms with Crippen LogP contribution in [0.25, 0.3) is 55.6 Å². The van der Waals surface area contributed by atoms with E-state index in [-0.39, 0.29) is 0 Å². The summed E-state index contributed by atoms with van der Waals surface area (Å²) in [6.07, 6.45) is 47.8. The van der Waals surface area contributed by atoms with Crippen molar-refractivity contribution in [1.82, 2.24) is 49.8 Å². The molecule has 35 rings (SSSR count). The SMILES string of the molecule is c1ccc2c(c1)Cc1cc3c4c(c1-2)Cc1cccnc1N4c1ccncc1C3.c1ccc2c(c1)Cc1cc3c4c(c1-2)Cc1cccnc1N4c1cnccc1C3.c1ccc2c(c1)Cc1cc3c4c(c1-2)Cc1ccncc1N4c1cnccc1C3.c1ccc2c(c1)Cc1cc3c4c(c1-2)Cc1cnccc1N4c1cnccc1C3.c1ccc2c(c1)Cc1cc3c4c(c1-2)Cc1ncccc1N4c1cnccc1C3. The van der Waals surface area contributed by atoms with Gasteiger partial charge in [0.25, 0.3) is 0 Å². The summed E-state index contributed by atoms with van der Waals surface area (Å²) in [7, 11) is 0. The van der Waals surface area contributed by atoms with E-state index in [1.54, 1.807) is 0 Å². The second kappa shape index (κ2) is 30.1. The second-order valence-electron chi connectivity index (χ2n) is 39.6. The van der Waals surface area contributed by atoms with Crippen LogP contribution < -0.4 is 24.5 Å². The number of fused-ring (bicyclic) bond motifs is 40. The Kier molecular flexibility index (Phi) is 16.8. The number of benzene rings is 10. The molecule has 15 heteroatoms. The Morgan fingerprint density at radius 1 is 0.157 bits per heavy atom. The van der Waals surface area contributed by atoms with Gasteiger partial charge in [-0.2, -0.15) is 0 Å². The summed E-state index contributed by atoms with van der Waals surface area (Å²) in [6.45, 7) is 0. The number of nitrogens with zero attached hydrogens (tertiary/aromatic N) is 15. The molecule has 660 valence electrons. The summed E-state index contributed by atoms with van der Waals surface area (Å²) in [5, 5.41) is 0. The van der Waals surface area contributed by atoms with Gasteiger partial charge in [-0.25, -0.2) is 9.97 Å². The molecule has 0 N–H and O–H groups in total. The van der Waals surface area contributed by atoms with Crippen LogP contribution in [0.1, 0.15) is 167 Å². The highest BCUT2D eigenvalue weighted by molar-refractivity contribution is 6.02. The van der Waals surface area contributed by atoms with Crippen molar-refractivity contribution in [2.75, 3.05) is 24.5 Å². The Labute approximate surface area is 809 Å². The lowest BCUT2D eigenvalue weighted by atomic mass is 9.83. The van der Waals surface area contributed by atoms with Crippen LogP contribution in [0.15, 0.2) is 336 Å². The molecule has 0 bridgehead atoms. The zero-order chi connectivity index (χ0) is 91.2. The molecule has 0 unspecified atom stereocenters. The average molecular weight is 1800 g/mol. The highest BCUT2D eigenvalue weighted by atomic mass is 15.2. The first-order valence-electron chi connectivity index (χ1n) is 49.0. The fraction of sp³-hybridized carbons (Fsp3) is 0.120. The molecule has 20 aromatic rings. The maximum atomic E-state index is 4.79. The summed E-state index contributed by atoms with van der Waals surface area (Å²) >= 11 is 0. The van der Waals surface area contributed by atoms with Crippen molar-refractivity contribution in [2.24, 2.45) is 0 Å². The zero-order valence-electron chi connectivity index (χ0n) is 76.6. The molecule has 140 heavy (non-hydrogen) atoms. The Balaban J connectivity index is 0.0000000806. The maximum Gasteiger partial charge on any atom is 0.141 e. The molecule has 0 spiro atoms. The third-order valence-corrected chi connectivity index (χ3v) is 32.1. The third kappa shape index (κ3) is 11.5. The van der Waals surface area contributed by atoms with Gasteiger partial charge < -0.3 is 14.7 Å². The van der Waals surface area contributed by atoms with Crippen molar-refractivity contribution < 1.29 is 0 Å². The Hall–Kier alpha value is -17.3. The number of rotatable bonds is 0. The van der Waals surface area contributed by atoms with Crippen molar-refractivity contribution in [3.63, 3.8) is 0 Å². The molecular formula is C125H85N15. The van der Waals surface area contributed by atoms with E-state index in [0.717, 1.165) is 114 Å². The molecule has 0 atom stereocenters. The normalized spacial score (nSPS) is 14.6. The van der Waals surface area contributed by atoms with E-state index >= 15 is 0 Å². The van der Waals surface area contributed by atoms with Crippen LogP contribution in [0.3, 0.4) is 0 Å². The van der Waals surface area contributed by atoms with Gasteiger partial charge in [0, 0.05) is 139 Å². The lowest BCUT2D eigenvalue weighted by Crippen LogP contribution is -2.26. The van der Waals surface area contributed by atoms with Gasteiger partial charge in [0.15, 0.2) is 0 Å². The van der Waals surface area contributed by atoms with Gasteiger partial charge >= 0.3 is 0 Å². The number of hydrogen-bond donors (Lipinski definition) is 0. The van der Waals surface area contributed by atoms with Gasteiger partial charge in [0.05, 0.1) is 111 Å². The van der Waals surface area contributed by atoms with Gasteiger partial charge in [-0.05, 0) is 316 Å². The smallest absolute Gasteiger partial charge is 0.141 e. The molecule has 5 aliphatic carbocycles. The standard InChI is InChI=1S/5C25H17N3/c1-2-6-20-15(4-1)10-18-12-19-11-16-7-9-26-14-22(16)28-24(19)21(23(18)20)13-17-5-3-8-27-25(17)28;1-2-6-20-15(4-1)10-17-11-18-12-19-14-26-9-7-22(19)28-24(18)21(23(17)20)13-16-5-3-8-27-25(16)28;1-2-5-19-15(4-1)10-17-12-18-11-16-7-9-26-14-23(16)28-22-6-3-8-27-21(22)13-20(24(17)19)25(18)28;1-2-4-20-15(3-1)9-17-11-18-10-16-5-7-27-14-23(16)28-22-6-8-26-13-19(22)12-21(24(17)20)25(18)28;1-2-4-20-15(3-1)9-18-11-19-10-16-5-7-26-13-22(16)28-23-14-27-8-6-17(23)12-21(24(18)20)25(19)28/h1-9,12,14H,10-11,13H2;1-9,11,14H,10,12-13H2;1-9,12,14H,10-11,13H2;2*1-8,11,13-14H,9-10,12H2.